The zero-order valence-corrected chi connectivity index (χ0v) is 23.3. The van der Waals surface area contributed by atoms with Crippen molar-refractivity contribution in [3.05, 3.63) is 53.6 Å². The second-order valence-corrected chi connectivity index (χ2v) is 12.6. The van der Waals surface area contributed by atoms with Crippen LogP contribution in [0.1, 0.15) is 45.0 Å². The summed E-state index contributed by atoms with van der Waals surface area (Å²) < 4.78 is 118. The Morgan fingerprint density at radius 2 is 1.73 bits per heavy atom. The maximum Gasteiger partial charge on any atom is 0.420 e. The van der Waals surface area contributed by atoms with Crippen LogP contribution in [-0.2, 0) is 21.6 Å². The van der Waals surface area contributed by atoms with Gasteiger partial charge < -0.3 is 9.64 Å². The summed E-state index contributed by atoms with van der Waals surface area (Å²) in [4.78, 5) is 0.728. The van der Waals surface area contributed by atoms with Crippen molar-refractivity contribution in [3.63, 3.8) is 0 Å². The normalized spacial score (nSPS) is 18.2. The van der Waals surface area contributed by atoms with E-state index in [-0.39, 0.29) is 36.8 Å². The number of rotatable bonds is 8. The summed E-state index contributed by atoms with van der Waals surface area (Å²) in [5.74, 6) is -4.34. The van der Waals surface area contributed by atoms with Crippen LogP contribution in [0.15, 0.2) is 41.3 Å². The lowest BCUT2D eigenvalue weighted by atomic mass is 9.94. The SMILES string of the molecule is CN1C(CCC(C)(F)F)CN(c2ccc(F)cc2)c2cc(C(F)(F)F)c(OCC(C)(C)c3nn[nH]n3)cc2S1(=O)=O. The molecule has 1 aliphatic heterocycles. The summed E-state index contributed by atoms with van der Waals surface area (Å²) in [7, 11) is -3.34. The molecule has 1 atom stereocenters. The van der Waals surface area contributed by atoms with Gasteiger partial charge in [-0.25, -0.2) is 21.6 Å². The molecule has 0 spiro atoms. The van der Waals surface area contributed by atoms with Crippen LogP contribution in [-0.4, -0.2) is 65.5 Å². The van der Waals surface area contributed by atoms with Crippen LogP contribution < -0.4 is 9.64 Å². The molecule has 0 fully saturated rings. The average Bonchev–Trinajstić information content (AvgIpc) is 3.40. The van der Waals surface area contributed by atoms with Crippen molar-refractivity contribution >= 4 is 21.4 Å². The molecule has 16 heteroatoms. The number of tetrazole rings is 1. The monoisotopic (exact) mass is 606 g/mol. The van der Waals surface area contributed by atoms with Gasteiger partial charge in [0.1, 0.15) is 23.1 Å². The predicted octanol–water partition coefficient (Wildman–Crippen LogP) is 5.29. The van der Waals surface area contributed by atoms with Crippen LogP contribution in [0.2, 0.25) is 0 Å². The van der Waals surface area contributed by atoms with Crippen molar-refractivity contribution in [2.45, 2.75) is 62.1 Å². The first-order valence-electron chi connectivity index (χ1n) is 12.4. The van der Waals surface area contributed by atoms with Gasteiger partial charge in [0.15, 0.2) is 5.82 Å². The van der Waals surface area contributed by atoms with Gasteiger partial charge in [0.05, 0.1) is 16.7 Å². The van der Waals surface area contributed by atoms with Crippen LogP contribution in [0, 0.1) is 5.82 Å². The van der Waals surface area contributed by atoms with Crippen molar-refractivity contribution in [1.29, 1.82) is 0 Å². The fourth-order valence-corrected chi connectivity index (χ4v) is 5.98. The van der Waals surface area contributed by atoms with Crippen molar-refractivity contribution in [3.8, 4) is 5.75 Å². The molecule has 2 aromatic carbocycles. The third-order valence-electron chi connectivity index (χ3n) is 6.82. The number of hydrogen-bond donors (Lipinski definition) is 1. The number of aromatic nitrogens is 4. The number of halogens is 6. The number of hydrogen-bond acceptors (Lipinski definition) is 7. The zero-order valence-electron chi connectivity index (χ0n) is 22.5. The molecule has 41 heavy (non-hydrogen) atoms. The van der Waals surface area contributed by atoms with Crippen molar-refractivity contribution in [2.75, 3.05) is 25.1 Å². The lowest BCUT2D eigenvalue weighted by Crippen LogP contribution is -2.41. The smallest absolute Gasteiger partial charge is 0.420 e. The number of likely N-dealkylation sites (N-methyl/N-ethyl adjacent to an activating group) is 1. The summed E-state index contributed by atoms with van der Waals surface area (Å²) in [5, 5.41) is 13.4. The first kappa shape index (κ1) is 30.6. The van der Waals surface area contributed by atoms with Crippen molar-refractivity contribution in [1.82, 2.24) is 24.9 Å². The molecule has 4 rings (SSSR count). The number of nitrogens with one attached hydrogen (secondary N) is 1. The maximum absolute atomic E-state index is 14.4. The standard InChI is InChI=1S/C25H28F6N6O3S/c1-23(2,22-32-34-35-33-22)14-40-20-12-21-19(11-18(20)25(29,30)31)37(16-7-5-15(26)6-8-16)13-17(9-10-24(3,27)28)36(4)41(21,38)39/h5-8,11-12,17H,9-10,13-14H2,1-4H3,(H,32,33,34,35). The van der Waals surface area contributed by atoms with Gasteiger partial charge in [-0.15, -0.1) is 10.2 Å². The highest BCUT2D eigenvalue weighted by Crippen LogP contribution is 2.46. The van der Waals surface area contributed by atoms with Gasteiger partial charge >= 0.3 is 6.18 Å². The fourth-order valence-electron chi connectivity index (χ4n) is 4.41. The molecule has 9 nitrogen and oxygen atoms in total. The van der Waals surface area contributed by atoms with Crippen LogP contribution in [0.5, 0.6) is 5.75 Å². The summed E-state index contributed by atoms with van der Waals surface area (Å²) in [6, 6.07) is 5.05. The van der Waals surface area contributed by atoms with E-state index in [9.17, 15) is 34.8 Å². The van der Waals surface area contributed by atoms with E-state index < -0.39 is 62.0 Å². The Morgan fingerprint density at radius 1 is 1.07 bits per heavy atom. The molecule has 3 aromatic rings. The lowest BCUT2D eigenvalue weighted by molar-refractivity contribution is -0.139. The van der Waals surface area contributed by atoms with E-state index in [0.29, 0.717) is 13.0 Å². The van der Waals surface area contributed by atoms with Gasteiger partial charge in [-0.3, -0.25) is 0 Å². The van der Waals surface area contributed by atoms with E-state index in [1.807, 2.05) is 0 Å². The Kier molecular flexibility index (Phi) is 8.03. The van der Waals surface area contributed by atoms with E-state index in [1.165, 1.54) is 24.1 Å². The van der Waals surface area contributed by atoms with Gasteiger partial charge in [0.25, 0.3) is 0 Å². The Balaban J connectivity index is 1.88. The number of sulfonamides is 1. The van der Waals surface area contributed by atoms with Gasteiger partial charge in [-0.05, 0) is 57.5 Å². The molecule has 2 heterocycles. The molecule has 1 aliphatic rings. The maximum atomic E-state index is 14.4. The Hall–Kier alpha value is -3.40. The molecule has 0 saturated carbocycles. The number of anilines is 2. The Morgan fingerprint density at radius 3 is 2.29 bits per heavy atom. The Bertz CT molecular complexity index is 1480. The first-order chi connectivity index (χ1) is 18.9. The molecule has 0 aliphatic carbocycles. The topological polar surface area (TPSA) is 104 Å². The van der Waals surface area contributed by atoms with Crippen LogP contribution in [0.3, 0.4) is 0 Å². The van der Waals surface area contributed by atoms with Crippen LogP contribution >= 0.6 is 0 Å². The largest absolute Gasteiger partial charge is 0.492 e. The highest BCUT2D eigenvalue weighted by Gasteiger charge is 2.43. The molecule has 1 unspecified atom stereocenters. The van der Waals surface area contributed by atoms with Gasteiger partial charge in [-0.2, -0.15) is 22.7 Å². The molecular weight excluding hydrogens is 578 g/mol. The van der Waals surface area contributed by atoms with E-state index >= 15 is 0 Å². The molecule has 0 saturated heterocycles. The number of fused-ring (bicyclic) bond motifs is 1. The van der Waals surface area contributed by atoms with Crippen LogP contribution in [0.25, 0.3) is 0 Å². The van der Waals surface area contributed by atoms with E-state index in [2.05, 4.69) is 20.6 Å². The number of benzene rings is 2. The third kappa shape index (κ3) is 6.58. The predicted molar refractivity (Wildman–Crippen MR) is 136 cm³/mol. The minimum Gasteiger partial charge on any atom is -0.492 e. The Labute approximate surface area is 232 Å². The number of nitrogens with zero attached hydrogens (tertiary/aromatic N) is 5. The van der Waals surface area contributed by atoms with Gasteiger partial charge in [0.2, 0.25) is 15.9 Å². The van der Waals surface area contributed by atoms with Crippen molar-refractivity contribution in [2.24, 2.45) is 0 Å². The quantitative estimate of drug-likeness (QED) is 0.348. The van der Waals surface area contributed by atoms with Gasteiger partial charge in [0, 0.05) is 37.8 Å². The van der Waals surface area contributed by atoms with E-state index in [4.69, 9.17) is 4.74 Å². The minimum absolute atomic E-state index is 0.159. The zero-order chi connectivity index (χ0) is 30.4. The fraction of sp³-hybridized carbons (Fsp3) is 0.480. The second kappa shape index (κ2) is 10.8. The molecule has 1 N–H and O–H groups in total. The van der Waals surface area contributed by atoms with Crippen LogP contribution in [0.4, 0.5) is 37.7 Å². The third-order valence-corrected chi connectivity index (χ3v) is 8.76. The summed E-state index contributed by atoms with van der Waals surface area (Å²) >= 11 is 0. The molecule has 0 amide bonds. The van der Waals surface area contributed by atoms with E-state index in [1.54, 1.807) is 13.8 Å². The number of alkyl halides is 5. The number of H-pyrrole nitrogens is 1. The van der Waals surface area contributed by atoms with Crippen molar-refractivity contribution < 1.29 is 39.5 Å². The number of ether oxygens (including phenoxy) is 1. The lowest BCUT2D eigenvalue weighted by Gasteiger charge is -2.30. The second-order valence-electron chi connectivity index (χ2n) is 10.6. The molecule has 0 radical (unpaired) electrons. The minimum atomic E-state index is -4.97. The average molecular weight is 607 g/mol. The summed E-state index contributed by atoms with van der Waals surface area (Å²) in [6.45, 7) is 3.25. The molecule has 1 aromatic heterocycles. The highest BCUT2D eigenvalue weighted by atomic mass is 32.2. The molecular formula is C25H28F6N6O3S. The van der Waals surface area contributed by atoms with Gasteiger partial charge in [-0.1, -0.05) is 5.21 Å². The highest BCUT2D eigenvalue weighted by molar-refractivity contribution is 7.89. The number of aromatic amines is 1. The molecule has 0 bridgehead atoms. The summed E-state index contributed by atoms with van der Waals surface area (Å²) in [6.07, 6.45) is -5.93. The van der Waals surface area contributed by atoms with E-state index in [0.717, 1.165) is 22.5 Å². The first-order valence-corrected chi connectivity index (χ1v) is 13.8. The molecule has 224 valence electrons. The summed E-state index contributed by atoms with van der Waals surface area (Å²) in [5.41, 5.74) is -2.46.